The standard InChI is InChI=1S/C16H14ClNO2/c1-19-16-8-12(6-7-14(16)10-18)11-20-15-5-3-2-4-13(15)9-17/h2-8H,9,11H2,1H3. The average molecular weight is 288 g/mol. The molecule has 0 spiro atoms. The largest absolute Gasteiger partial charge is 0.495 e. The maximum Gasteiger partial charge on any atom is 0.137 e. The highest BCUT2D eigenvalue weighted by Gasteiger charge is 2.06. The molecule has 0 fully saturated rings. The van der Waals surface area contributed by atoms with Crippen molar-refractivity contribution in [1.29, 1.82) is 5.26 Å². The molecule has 0 radical (unpaired) electrons. The Labute approximate surface area is 123 Å². The molecule has 0 saturated carbocycles. The highest BCUT2D eigenvalue weighted by molar-refractivity contribution is 6.17. The Kier molecular flexibility index (Phi) is 4.86. The van der Waals surface area contributed by atoms with Crippen LogP contribution < -0.4 is 9.47 Å². The van der Waals surface area contributed by atoms with E-state index in [1.807, 2.05) is 36.4 Å². The first-order valence-electron chi connectivity index (χ1n) is 6.12. The summed E-state index contributed by atoms with van der Waals surface area (Å²) in [5.41, 5.74) is 2.40. The van der Waals surface area contributed by atoms with Crippen molar-refractivity contribution in [3.05, 3.63) is 59.2 Å². The Morgan fingerprint density at radius 3 is 2.65 bits per heavy atom. The van der Waals surface area contributed by atoms with Gasteiger partial charge < -0.3 is 9.47 Å². The van der Waals surface area contributed by atoms with Crippen LogP contribution in [0.15, 0.2) is 42.5 Å². The number of alkyl halides is 1. The Morgan fingerprint density at radius 2 is 1.95 bits per heavy atom. The van der Waals surface area contributed by atoms with Gasteiger partial charge in [-0.25, -0.2) is 0 Å². The molecule has 2 aromatic rings. The third-order valence-corrected chi connectivity index (χ3v) is 3.19. The second kappa shape index (κ2) is 6.83. The molecule has 0 aliphatic rings. The first kappa shape index (κ1) is 14.2. The minimum Gasteiger partial charge on any atom is -0.495 e. The van der Waals surface area contributed by atoms with E-state index in [4.69, 9.17) is 26.3 Å². The van der Waals surface area contributed by atoms with Crippen LogP contribution in [0.25, 0.3) is 0 Å². The summed E-state index contributed by atoms with van der Waals surface area (Å²) in [6, 6.07) is 15.1. The van der Waals surface area contributed by atoms with Crippen LogP contribution in [0, 0.1) is 11.3 Å². The zero-order valence-corrected chi connectivity index (χ0v) is 11.9. The quantitative estimate of drug-likeness (QED) is 0.784. The summed E-state index contributed by atoms with van der Waals surface area (Å²) in [4.78, 5) is 0. The maximum atomic E-state index is 8.94. The third kappa shape index (κ3) is 3.23. The van der Waals surface area contributed by atoms with Gasteiger partial charge in [-0.2, -0.15) is 5.26 Å². The van der Waals surface area contributed by atoms with Gasteiger partial charge in [0.05, 0.1) is 18.6 Å². The van der Waals surface area contributed by atoms with Crippen LogP contribution in [0.1, 0.15) is 16.7 Å². The molecule has 20 heavy (non-hydrogen) atoms. The van der Waals surface area contributed by atoms with Crippen molar-refractivity contribution >= 4 is 11.6 Å². The van der Waals surface area contributed by atoms with Gasteiger partial charge in [0.25, 0.3) is 0 Å². The summed E-state index contributed by atoms with van der Waals surface area (Å²) in [5.74, 6) is 1.73. The van der Waals surface area contributed by atoms with E-state index in [1.54, 1.807) is 13.2 Å². The van der Waals surface area contributed by atoms with E-state index in [2.05, 4.69) is 6.07 Å². The highest BCUT2D eigenvalue weighted by atomic mass is 35.5. The molecule has 4 heteroatoms. The first-order valence-corrected chi connectivity index (χ1v) is 6.65. The monoisotopic (exact) mass is 287 g/mol. The Bertz CT molecular complexity index is 635. The lowest BCUT2D eigenvalue weighted by atomic mass is 10.1. The van der Waals surface area contributed by atoms with Gasteiger partial charge in [0.2, 0.25) is 0 Å². The van der Waals surface area contributed by atoms with Gasteiger partial charge in [0, 0.05) is 5.56 Å². The zero-order chi connectivity index (χ0) is 14.4. The summed E-state index contributed by atoms with van der Waals surface area (Å²) in [7, 11) is 1.55. The lowest BCUT2D eigenvalue weighted by Gasteiger charge is -2.11. The minimum atomic E-state index is 0.399. The van der Waals surface area contributed by atoms with E-state index < -0.39 is 0 Å². The van der Waals surface area contributed by atoms with Crippen LogP contribution in [0.5, 0.6) is 11.5 Å². The molecule has 0 saturated heterocycles. The van der Waals surface area contributed by atoms with Gasteiger partial charge in [0.15, 0.2) is 0 Å². The summed E-state index contributed by atoms with van der Waals surface area (Å²) >= 11 is 5.87. The molecule has 0 atom stereocenters. The van der Waals surface area contributed by atoms with Crippen LogP contribution in [0.4, 0.5) is 0 Å². The van der Waals surface area contributed by atoms with Crippen LogP contribution in [-0.4, -0.2) is 7.11 Å². The second-order valence-electron chi connectivity index (χ2n) is 4.18. The summed E-state index contributed by atoms with van der Waals surface area (Å²) in [5, 5.41) is 8.94. The molecule has 0 heterocycles. The Balaban J connectivity index is 2.13. The van der Waals surface area contributed by atoms with Crippen molar-refractivity contribution in [3.8, 4) is 17.6 Å². The van der Waals surface area contributed by atoms with Gasteiger partial charge >= 0.3 is 0 Å². The smallest absolute Gasteiger partial charge is 0.137 e. The van der Waals surface area contributed by atoms with Crippen molar-refractivity contribution in [1.82, 2.24) is 0 Å². The van der Waals surface area contributed by atoms with Gasteiger partial charge in [-0.1, -0.05) is 24.3 Å². The first-order chi connectivity index (χ1) is 9.78. The van der Waals surface area contributed by atoms with Gasteiger partial charge in [0.1, 0.15) is 24.2 Å². The number of nitriles is 1. The Hall–Kier alpha value is -2.18. The fourth-order valence-corrected chi connectivity index (χ4v) is 2.05. The molecule has 0 unspecified atom stereocenters. The lowest BCUT2D eigenvalue weighted by molar-refractivity contribution is 0.303. The number of rotatable bonds is 5. The number of nitrogens with zero attached hydrogens (tertiary/aromatic N) is 1. The normalized spacial score (nSPS) is 9.85. The molecule has 0 N–H and O–H groups in total. The average Bonchev–Trinajstić information content (AvgIpc) is 2.52. The van der Waals surface area contributed by atoms with Crippen molar-refractivity contribution in [2.24, 2.45) is 0 Å². The summed E-state index contributed by atoms with van der Waals surface area (Å²) in [6.45, 7) is 0.399. The number of ether oxygens (including phenoxy) is 2. The van der Waals surface area contributed by atoms with Crippen molar-refractivity contribution in [2.75, 3.05) is 7.11 Å². The van der Waals surface area contributed by atoms with E-state index in [9.17, 15) is 0 Å². The molecule has 3 nitrogen and oxygen atoms in total. The topological polar surface area (TPSA) is 42.2 Å². The van der Waals surface area contributed by atoms with Gasteiger partial charge in [-0.05, 0) is 23.8 Å². The highest BCUT2D eigenvalue weighted by Crippen LogP contribution is 2.23. The van der Waals surface area contributed by atoms with Crippen LogP contribution >= 0.6 is 11.6 Å². The molecule has 0 aliphatic heterocycles. The summed E-state index contributed by atoms with van der Waals surface area (Å²) < 4.78 is 10.9. The zero-order valence-electron chi connectivity index (χ0n) is 11.1. The van der Waals surface area contributed by atoms with Crippen LogP contribution in [0.3, 0.4) is 0 Å². The predicted octanol–water partition coefficient (Wildman–Crippen LogP) is 3.88. The fraction of sp³-hybridized carbons (Fsp3) is 0.188. The van der Waals surface area contributed by atoms with E-state index in [0.29, 0.717) is 23.8 Å². The van der Waals surface area contributed by atoms with E-state index >= 15 is 0 Å². The van der Waals surface area contributed by atoms with E-state index in [-0.39, 0.29) is 0 Å². The van der Waals surface area contributed by atoms with Crippen molar-refractivity contribution in [2.45, 2.75) is 12.5 Å². The number of hydrogen-bond donors (Lipinski definition) is 0. The molecule has 0 amide bonds. The van der Waals surface area contributed by atoms with Gasteiger partial charge in [-0.15, -0.1) is 11.6 Å². The molecule has 2 aromatic carbocycles. The lowest BCUT2D eigenvalue weighted by Crippen LogP contribution is -1.99. The second-order valence-corrected chi connectivity index (χ2v) is 4.44. The van der Waals surface area contributed by atoms with E-state index in [0.717, 1.165) is 16.9 Å². The SMILES string of the molecule is COc1cc(COc2ccccc2CCl)ccc1C#N. The predicted molar refractivity (Wildman–Crippen MR) is 78.0 cm³/mol. The van der Waals surface area contributed by atoms with Crippen molar-refractivity contribution < 1.29 is 9.47 Å². The molecule has 2 rings (SSSR count). The van der Waals surface area contributed by atoms with Crippen LogP contribution in [0.2, 0.25) is 0 Å². The maximum absolute atomic E-state index is 8.94. The number of benzene rings is 2. The third-order valence-electron chi connectivity index (χ3n) is 2.90. The molecule has 0 aromatic heterocycles. The molecule has 102 valence electrons. The summed E-state index contributed by atoms with van der Waals surface area (Å²) in [6.07, 6.45) is 0. The number of methoxy groups -OCH3 is 1. The van der Waals surface area contributed by atoms with Crippen LogP contribution in [-0.2, 0) is 12.5 Å². The minimum absolute atomic E-state index is 0.399. The number of para-hydroxylation sites is 1. The van der Waals surface area contributed by atoms with E-state index in [1.165, 1.54) is 0 Å². The Morgan fingerprint density at radius 1 is 1.15 bits per heavy atom. The number of hydrogen-bond acceptors (Lipinski definition) is 3. The number of halogens is 1. The van der Waals surface area contributed by atoms with Crippen molar-refractivity contribution in [3.63, 3.8) is 0 Å². The molecule has 0 aliphatic carbocycles. The van der Waals surface area contributed by atoms with Gasteiger partial charge in [-0.3, -0.25) is 0 Å². The molecular weight excluding hydrogens is 274 g/mol. The fourth-order valence-electron chi connectivity index (χ4n) is 1.83. The molecular formula is C16H14ClNO2. The molecule has 0 bridgehead atoms.